The Labute approximate surface area is 181 Å². The van der Waals surface area contributed by atoms with E-state index in [2.05, 4.69) is 10.2 Å². The summed E-state index contributed by atoms with van der Waals surface area (Å²) in [6.45, 7) is 0.784. The number of aliphatic carboxylic acids is 1. The summed E-state index contributed by atoms with van der Waals surface area (Å²) in [6, 6.07) is 7.61. The second-order valence-electron chi connectivity index (χ2n) is 7.77. The minimum Gasteiger partial charge on any atom is -0.480 e. The number of amides is 1. The fourth-order valence-corrected chi connectivity index (χ4v) is 3.89. The number of rotatable bonds is 14. The minimum atomic E-state index is -1.01. The van der Waals surface area contributed by atoms with Crippen molar-refractivity contribution in [1.82, 2.24) is 10.2 Å². The highest BCUT2D eigenvalue weighted by molar-refractivity contribution is 5.83. The molecule has 31 heavy (non-hydrogen) atoms. The van der Waals surface area contributed by atoms with Crippen LogP contribution in [-0.2, 0) is 20.8 Å². The fraction of sp³-hybridized carbons (Fsp3) is 0.619. The summed E-state index contributed by atoms with van der Waals surface area (Å²) in [5, 5.41) is 22.4. The maximum atomic E-state index is 13.2. The third kappa shape index (κ3) is 8.14. The van der Waals surface area contributed by atoms with E-state index in [1.54, 1.807) is 4.90 Å². The number of nitrogens with zero attached hydrogens (tertiary/aromatic N) is 2. The number of hydrogen-bond donors (Lipinski definition) is 3. The SMILES string of the molecule is NCCCC[C@H](N[C@@H](CCc1ccccc1)C(=O)O)C(=O)N1CCC[C@H]1CO[N+](=O)[O-]. The molecular formula is C21H32N4O6. The largest absolute Gasteiger partial charge is 0.480 e. The van der Waals surface area contributed by atoms with Crippen molar-refractivity contribution in [3.63, 3.8) is 0 Å². The summed E-state index contributed by atoms with van der Waals surface area (Å²) in [7, 11) is 0. The van der Waals surface area contributed by atoms with Gasteiger partial charge in [-0.05, 0) is 50.6 Å². The van der Waals surface area contributed by atoms with Crippen LogP contribution in [0.25, 0.3) is 0 Å². The average molecular weight is 437 g/mol. The Hall–Kier alpha value is -2.72. The van der Waals surface area contributed by atoms with E-state index in [1.165, 1.54) is 0 Å². The smallest absolute Gasteiger partial charge is 0.320 e. The van der Waals surface area contributed by atoms with Gasteiger partial charge >= 0.3 is 5.97 Å². The lowest BCUT2D eigenvalue weighted by Gasteiger charge is -2.30. The zero-order valence-electron chi connectivity index (χ0n) is 17.7. The van der Waals surface area contributed by atoms with Gasteiger partial charge in [0, 0.05) is 6.54 Å². The first-order valence-corrected chi connectivity index (χ1v) is 10.7. The maximum absolute atomic E-state index is 13.2. The average Bonchev–Trinajstić information content (AvgIpc) is 3.22. The predicted molar refractivity (Wildman–Crippen MR) is 114 cm³/mol. The molecule has 4 N–H and O–H groups in total. The van der Waals surface area contributed by atoms with Crippen LogP contribution in [0.15, 0.2) is 30.3 Å². The lowest BCUT2D eigenvalue weighted by atomic mass is 10.0. The molecule has 10 nitrogen and oxygen atoms in total. The van der Waals surface area contributed by atoms with Crippen molar-refractivity contribution in [2.45, 2.75) is 63.1 Å². The van der Waals surface area contributed by atoms with Gasteiger partial charge in [0.1, 0.15) is 12.6 Å². The molecule has 0 spiro atoms. The van der Waals surface area contributed by atoms with Crippen molar-refractivity contribution >= 4 is 11.9 Å². The van der Waals surface area contributed by atoms with Gasteiger partial charge < -0.3 is 20.6 Å². The van der Waals surface area contributed by atoms with Crippen LogP contribution in [0.2, 0.25) is 0 Å². The number of carbonyl (C=O) groups excluding carboxylic acids is 1. The van der Waals surface area contributed by atoms with E-state index in [0.29, 0.717) is 45.2 Å². The number of carboxylic acids is 1. The maximum Gasteiger partial charge on any atom is 0.320 e. The van der Waals surface area contributed by atoms with E-state index in [4.69, 9.17) is 5.73 Å². The quantitative estimate of drug-likeness (QED) is 0.225. The summed E-state index contributed by atoms with van der Waals surface area (Å²) < 4.78 is 0. The van der Waals surface area contributed by atoms with Crippen molar-refractivity contribution in [3.8, 4) is 0 Å². The Morgan fingerprint density at radius 2 is 2.00 bits per heavy atom. The van der Waals surface area contributed by atoms with E-state index >= 15 is 0 Å². The van der Waals surface area contributed by atoms with E-state index in [0.717, 1.165) is 18.4 Å². The first-order valence-electron chi connectivity index (χ1n) is 10.7. The van der Waals surface area contributed by atoms with Gasteiger partial charge in [-0.3, -0.25) is 14.9 Å². The standard InChI is InChI=1S/C21H32N4O6/c22-13-5-4-10-18(20(26)24-14-6-9-17(24)15-31-25(29)30)23-19(21(27)28)12-11-16-7-2-1-3-8-16/h1-3,7-8,17-19,23H,4-6,9-15,22H2,(H,27,28)/t17-,18-,19-/m0/s1. The molecule has 0 unspecified atom stereocenters. The van der Waals surface area contributed by atoms with Crippen LogP contribution in [0, 0.1) is 10.1 Å². The van der Waals surface area contributed by atoms with Crippen LogP contribution in [0.5, 0.6) is 0 Å². The zero-order chi connectivity index (χ0) is 22.6. The fourth-order valence-electron chi connectivity index (χ4n) is 3.89. The number of hydrogen-bond acceptors (Lipinski definition) is 7. The minimum absolute atomic E-state index is 0.176. The lowest BCUT2D eigenvalue weighted by molar-refractivity contribution is -0.758. The van der Waals surface area contributed by atoms with Crippen LogP contribution >= 0.6 is 0 Å². The van der Waals surface area contributed by atoms with Gasteiger partial charge in [0.05, 0.1) is 12.1 Å². The third-order valence-electron chi connectivity index (χ3n) is 5.54. The van der Waals surface area contributed by atoms with Gasteiger partial charge in [0.2, 0.25) is 5.91 Å². The molecule has 1 amide bonds. The van der Waals surface area contributed by atoms with Gasteiger partial charge in [-0.25, -0.2) is 0 Å². The molecule has 0 radical (unpaired) electrons. The zero-order valence-corrected chi connectivity index (χ0v) is 17.7. The molecule has 172 valence electrons. The second kappa shape index (κ2) is 12.9. The third-order valence-corrected chi connectivity index (χ3v) is 5.54. The van der Waals surface area contributed by atoms with E-state index in [9.17, 15) is 24.8 Å². The summed E-state index contributed by atoms with van der Waals surface area (Å²) in [6.07, 6.45) is 4.10. The van der Waals surface area contributed by atoms with Crippen LogP contribution in [0.4, 0.5) is 0 Å². The van der Waals surface area contributed by atoms with Gasteiger partial charge in [-0.2, -0.15) is 0 Å². The van der Waals surface area contributed by atoms with Crippen molar-refractivity contribution in [1.29, 1.82) is 0 Å². The molecule has 2 rings (SSSR count). The van der Waals surface area contributed by atoms with Gasteiger partial charge in [-0.15, -0.1) is 10.1 Å². The number of nitrogens with two attached hydrogens (primary N) is 1. The summed E-state index contributed by atoms with van der Waals surface area (Å²) >= 11 is 0. The number of unbranched alkanes of at least 4 members (excludes halogenated alkanes) is 1. The first-order chi connectivity index (χ1) is 14.9. The van der Waals surface area contributed by atoms with Crippen LogP contribution in [0.3, 0.4) is 0 Å². The topological polar surface area (TPSA) is 148 Å². The molecule has 0 aliphatic carbocycles. The molecule has 1 aliphatic heterocycles. The Morgan fingerprint density at radius 3 is 2.65 bits per heavy atom. The summed E-state index contributed by atoms with van der Waals surface area (Å²) in [5.41, 5.74) is 6.60. The summed E-state index contributed by atoms with van der Waals surface area (Å²) in [4.78, 5) is 41.7. The highest BCUT2D eigenvalue weighted by Gasteiger charge is 2.35. The second-order valence-corrected chi connectivity index (χ2v) is 7.77. The Balaban J connectivity index is 2.06. The van der Waals surface area contributed by atoms with Crippen LogP contribution in [-0.4, -0.2) is 64.8 Å². The first kappa shape index (κ1) is 24.5. The molecule has 1 saturated heterocycles. The molecule has 1 aliphatic rings. The number of nitrogens with one attached hydrogen (secondary N) is 1. The predicted octanol–water partition coefficient (Wildman–Crippen LogP) is 1.36. The van der Waals surface area contributed by atoms with Crippen molar-refractivity contribution < 1.29 is 24.6 Å². The number of likely N-dealkylation sites (tertiary alicyclic amines) is 1. The van der Waals surface area contributed by atoms with Crippen LogP contribution < -0.4 is 11.1 Å². The molecular weight excluding hydrogens is 404 g/mol. The Kier molecular flexibility index (Phi) is 10.2. The van der Waals surface area contributed by atoms with Crippen molar-refractivity contribution in [2.75, 3.05) is 19.7 Å². The van der Waals surface area contributed by atoms with E-state index < -0.39 is 23.1 Å². The number of carbonyl (C=O) groups is 2. The highest BCUT2D eigenvalue weighted by atomic mass is 16.9. The molecule has 1 heterocycles. The number of aryl methyl sites for hydroxylation is 1. The molecule has 0 aromatic heterocycles. The van der Waals surface area contributed by atoms with E-state index in [-0.39, 0.29) is 18.6 Å². The number of benzene rings is 1. The molecule has 10 heteroatoms. The van der Waals surface area contributed by atoms with Crippen molar-refractivity contribution in [3.05, 3.63) is 46.0 Å². The molecule has 1 fully saturated rings. The molecule has 3 atom stereocenters. The van der Waals surface area contributed by atoms with Crippen molar-refractivity contribution in [2.24, 2.45) is 5.73 Å². The monoisotopic (exact) mass is 436 g/mol. The summed E-state index contributed by atoms with van der Waals surface area (Å²) in [5.74, 6) is -1.25. The Bertz CT molecular complexity index is 717. The highest BCUT2D eigenvalue weighted by Crippen LogP contribution is 2.20. The van der Waals surface area contributed by atoms with Gasteiger partial charge in [-0.1, -0.05) is 36.8 Å². The Morgan fingerprint density at radius 1 is 1.26 bits per heavy atom. The van der Waals surface area contributed by atoms with Gasteiger partial charge in [0.25, 0.3) is 5.09 Å². The normalized spacial score (nSPS) is 17.8. The lowest BCUT2D eigenvalue weighted by Crippen LogP contribution is -2.53. The molecule has 0 bridgehead atoms. The molecule has 0 saturated carbocycles. The number of carboxylic acid groups (broad SMARTS) is 1. The van der Waals surface area contributed by atoms with Gasteiger partial charge in [0.15, 0.2) is 0 Å². The molecule has 1 aromatic rings. The molecule has 1 aromatic carbocycles. The van der Waals surface area contributed by atoms with E-state index in [1.807, 2.05) is 30.3 Å². The van der Waals surface area contributed by atoms with Crippen LogP contribution in [0.1, 0.15) is 44.1 Å².